The third-order valence-corrected chi connectivity index (χ3v) is 11.8. The summed E-state index contributed by atoms with van der Waals surface area (Å²) >= 11 is 0. The van der Waals surface area contributed by atoms with Gasteiger partial charge in [-0.2, -0.15) is 0 Å². The van der Waals surface area contributed by atoms with Gasteiger partial charge in [-0.1, -0.05) is 115 Å². The molecule has 0 aliphatic carbocycles. The standard InChI is InChI=1S/C52H34BN3O/c1-5-16-36(17-6-1)54(37-18-7-2-8-19-37)40-29-31-41-35(32-40)28-30-42-43-33-50-45(34-48(43)56(52(41)42)39-22-11-4-12-23-39)53-44-24-13-14-25-46(44)55(38-20-9-3-10-21-38)47-26-15-27-49(57-50)51(47)53/h1-34H. The van der Waals surface area contributed by atoms with Crippen LogP contribution in [0.5, 0.6) is 11.5 Å². The predicted octanol–water partition coefficient (Wildman–Crippen LogP) is 11.8. The van der Waals surface area contributed by atoms with Gasteiger partial charge in [0.05, 0.1) is 11.0 Å². The fourth-order valence-electron chi connectivity index (χ4n) is 9.39. The molecule has 0 atom stereocenters. The topological polar surface area (TPSA) is 20.6 Å². The highest BCUT2D eigenvalue weighted by Gasteiger charge is 2.42. The fourth-order valence-corrected chi connectivity index (χ4v) is 9.39. The van der Waals surface area contributed by atoms with Gasteiger partial charge in [-0.3, -0.25) is 0 Å². The van der Waals surface area contributed by atoms with Crippen LogP contribution in [0.25, 0.3) is 38.3 Å². The van der Waals surface area contributed by atoms with E-state index in [4.69, 9.17) is 4.74 Å². The quantitative estimate of drug-likeness (QED) is 0.165. The molecule has 5 heteroatoms. The van der Waals surface area contributed by atoms with Crippen LogP contribution < -0.4 is 30.9 Å². The summed E-state index contributed by atoms with van der Waals surface area (Å²) in [5.41, 5.74) is 13.9. The highest BCUT2D eigenvalue weighted by atomic mass is 16.5. The lowest BCUT2D eigenvalue weighted by atomic mass is 9.34. The maximum atomic E-state index is 6.97. The summed E-state index contributed by atoms with van der Waals surface area (Å²) < 4.78 is 9.43. The van der Waals surface area contributed by atoms with Gasteiger partial charge in [-0.15, -0.1) is 0 Å². The molecule has 12 rings (SSSR count). The molecule has 2 aliphatic heterocycles. The molecule has 0 spiro atoms. The zero-order chi connectivity index (χ0) is 37.5. The number of hydrogen-bond acceptors (Lipinski definition) is 3. The van der Waals surface area contributed by atoms with Crippen LogP contribution in [0, 0.1) is 0 Å². The summed E-state index contributed by atoms with van der Waals surface area (Å²) in [5, 5.41) is 4.74. The van der Waals surface area contributed by atoms with Gasteiger partial charge in [-0.25, -0.2) is 0 Å². The van der Waals surface area contributed by atoms with Crippen molar-refractivity contribution in [2.45, 2.75) is 0 Å². The smallest absolute Gasteiger partial charge is 0.256 e. The van der Waals surface area contributed by atoms with Gasteiger partial charge >= 0.3 is 0 Å². The molecule has 266 valence electrons. The van der Waals surface area contributed by atoms with E-state index in [0.29, 0.717) is 0 Å². The SMILES string of the molecule is c1ccc(N(c2ccccc2)c2ccc3c(ccc4c5cc6c(cc5n(-c5ccccc5)c34)B3c4ccccc4N(c4ccccc4)c4cccc(c43)O6)c2)cc1. The maximum Gasteiger partial charge on any atom is 0.256 e. The van der Waals surface area contributed by atoms with Crippen molar-refractivity contribution in [2.75, 3.05) is 9.80 Å². The molecule has 0 saturated carbocycles. The van der Waals surface area contributed by atoms with Crippen LogP contribution >= 0.6 is 0 Å². The summed E-state index contributed by atoms with van der Waals surface area (Å²) in [4.78, 5) is 4.71. The zero-order valence-corrected chi connectivity index (χ0v) is 31.0. The second-order valence-electron chi connectivity index (χ2n) is 14.9. The molecule has 10 aromatic rings. The van der Waals surface area contributed by atoms with Crippen LogP contribution in [0.2, 0.25) is 0 Å². The van der Waals surface area contributed by atoms with Crippen molar-refractivity contribution in [3.63, 3.8) is 0 Å². The molecular formula is C52H34BN3O. The molecule has 0 saturated heterocycles. The van der Waals surface area contributed by atoms with Crippen LogP contribution in [-0.2, 0) is 0 Å². The van der Waals surface area contributed by atoms with Crippen molar-refractivity contribution in [3.05, 3.63) is 206 Å². The number of hydrogen-bond donors (Lipinski definition) is 0. The van der Waals surface area contributed by atoms with E-state index in [2.05, 4.69) is 221 Å². The third kappa shape index (κ3) is 4.82. The summed E-state index contributed by atoms with van der Waals surface area (Å²) in [6.45, 7) is 0.00371. The monoisotopic (exact) mass is 727 g/mol. The number of rotatable bonds is 5. The first-order chi connectivity index (χ1) is 28.3. The van der Waals surface area contributed by atoms with Crippen molar-refractivity contribution in [2.24, 2.45) is 0 Å². The van der Waals surface area contributed by atoms with Crippen LogP contribution in [0.15, 0.2) is 206 Å². The van der Waals surface area contributed by atoms with Crippen molar-refractivity contribution in [1.82, 2.24) is 4.57 Å². The highest BCUT2D eigenvalue weighted by Crippen LogP contribution is 2.44. The summed E-state index contributed by atoms with van der Waals surface area (Å²) in [6.07, 6.45) is 0. The van der Waals surface area contributed by atoms with Gasteiger partial charge < -0.3 is 19.1 Å². The minimum Gasteiger partial charge on any atom is -0.458 e. The summed E-state index contributed by atoms with van der Waals surface area (Å²) in [7, 11) is 0. The van der Waals surface area contributed by atoms with Crippen LogP contribution in [0.4, 0.5) is 34.1 Å². The largest absolute Gasteiger partial charge is 0.458 e. The molecule has 4 nitrogen and oxygen atoms in total. The number of anilines is 6. The summed E-state index contributed by atoms with van der Waals surface area (Å²) in [6, 6.07) is 74.2. The number of nitrogens with zero attached hydrogens (tertiary/aromatic N) is 3. The van der Waals surface area contributed by atoms with Gasteiger partial charge in [0.25, 0.3) is 6.71 Å². The minimum atomic E-state index is 0.00371. The van der Waals surface area contributed by atoms with E-state index in [-0.39, 0.29) is 6.71 Å². The molecule has 2 aliphatic rings. The average Bonchev–Trinajstić information content (AvgIpc) is 3.60. The highest BCUT2D eigenvalue weighted by molar-refractivity contribution is 6.99. The van der Waals surface area contributed by atoms with Gasteiger partial charge in [0.1, 0.15) is 11.5 Å². The predicted molar refractivity (Wildman–Crippen MR) is 239 cm³/mol. The first-order valence-electron chi connectivity index (χ1n) is 19.6. The Morgan fingerprint density at radius 3 is 1.79 bits per heavy atom. The number of aromatic nitrogens is 1. The van der Waals surface area contributed by atoms with E-state index < -0.39 is 0 Å². The normalized spacial score (nSPS) is 12.6. The second-order valence-corrected chi connectivity index (χ2v) is 14.9. The second kappa shape index (κ2) is 12.5. The lowest BCUT2D eigenvalue weighted by Crippen LogP contribution is -2.59. The molecule has 3 heterocycles. The zero-order valence-electron chi connectivity index (χ0n) is 31.0. The fraction of sp³-hybridized carbons (Fsp3) is 0. The number of benzene rings is 9. The molecule has 0 radical (unpaired) electrons. The van der Waals surface area contributed by atoms with E-state index in [1.165, 1.54) is 49.1 Å². The van der Waals surface area contributed by atoms with Crippen molar-refractivity contribution in [3.8, 4) is 17.2 Å². The Kier molecular flexibility index (Phi) is 6.99. The molecule has 57 heavy (non-hydrogen) atoms. The van der Waals surface area contributed by atoms with Gasteiger partial charge in [-0.05, 0) is 113 Å². The Morgan fingerprint density at radius 2 is 1.05 bits per heavy atom. The maximum absolute atomic E-state index is 6.97. The Hall–Kier alpha value is -7.50. The van der Waals surface area contributed by atoms with Gasteiger partial charge in [0.15, 0.2) is 0 Å². The van der Waals surface area contributed by atoms with Gasteiger partial charge in [0, 0.05) is 56.0 Å². The third-order valence-electron chi connectivity index (χ3n) is 11.8. The molecule has 0 N–H and O–H groups in total. The lowest BCUT2D eigenvalue weighted by Gasteiger charge is -2.39. The molecule has 0 unspecified atom stereocenters. The van der Waals surface area contributed by atoms with Crippen LogP contribution in [0.3, 0.4) is 0 Å². The van der Waals surface area contributed by atoms with Crippen molar-refractivity contribution >= 4 is 89.8 Å². The van der Waals surface area contributed by atoms with E-state index >= 15 is 0 Å². The molecule has 9 aromatic carbocycles. The van der Waals surface area contributed by atoms with E-state index in [1.807, 2.05) is 0 Å². The number of ether oxygens (including phenoxy) is 1. The lowest BCUT2D eigenvalue weighted by molar-refractivity contribution is 0.488. The van der Waals surface area contributed by atoms with E-state index in [0.717, 1.165) is 51.1 Å². The Balaban J connectivity index is 1.10. The van der Waals surface area contributed by atoms with Crippen molar-refractivity contribution in [1.29, 1.82) is 0 Å². The molecule has 0 bridgehead atoms. The van der Waals surface area contributed by atoms with E-state index in [9.17, 15) is 0 Å². The molecule has 0 amide bonds. The van der Waals surface area contributed by atoms with Crippen molar-refractivity contribution < 1.29 is 4.74 Å². The minimum absolute atomic E-state index is 0.00371. The summed E-state index contributed by atoms with van der Waals surface area (Å²) in [5.74, 6) is 1.81. The Morgan fingerprint density at radius 1 is 0.421 bits per heavy atom. The number of fused-ring (bicyclic) bond motifs is 9. The average molecular weight is 728 g/mol. The first kappa shape index (κ1) is 31.8. The van der Waals surface area contributed by atoms with Crippen LogP contribution in [0.1, 0.15) is 0 Å². The molecule has 0 fully saturated rings. The Bertz CT molecular complexity index is 3130. The molecule has 1 aromatic heterocycles. The molecular weight excluding hydrogens is 693 g/mol. The first-order valence-corrected chi connectivity index (χ1v) is 19.6. The van der Waals surface area contributed by atoms with Crippen LogP contribution in [-0.4, -0.2) is 11.3 Å². The number of para-hydroxylation sites is 5. The van der Waals surface area contributed by atoms with Gasteiger partial charge in [0.2, 0.25) is 0 Å². The van der Waals surface area contributed by atoms with E-state index in [1.54, 1.807) is 0 Å². The Labute approximate surface area is 331 Å².